The molecule has 0 aromatic rings. The van der Waals surface area contributed by atoms with Crippen LogP contribution in [0, 0.1) is 46.3 Å². The Balaban J connectivity index is 1.55. The Hall–Kier alpha value is -0.380. The van der Waals surface area contributed by atoms with E-state index in [1.807, 2.05) is 0 Å². The summed E-state index contributed by atoms with van der Waals surface area (Å²) in [4.78, 5) is 25.3. The van der Waals surface area contributed by atoms with Crippen LogP contribution < -0.4 is 0 Å². The van der Waals surface area contributed by atoms with Crippen LogP contribution in [0.5, 0.6) is 0 Å². The number of hydrogen-bond donors (Lipinski definition) is 0. The smallest absolute Gasteiger partial charge is 0.308 e. The van der Waals surface area contributed by atoms with E-state index in [4.69, 9.17) is 4.74 Å². The number of esters is 1. The molecule has 0 aromatic carbocycles. The molecule has 176 valence electrons. The fourth-order valence-electron chi connectivity index (χ4n) is 9.01. The van der Waals surface area contributed by atoms with Crippen LogP contribution in [-0.4, -0.2) is 23.7 Å². The molecule has 4 rings (SSSR count). The first-order chi connectivity index (χ1) is 14.8. The minimum atomic E-state index is 0.0358. The Labute approximate surface area is 198 Å². The number of Topliss-reactive ketones (excluding diaryl/α,β-unsaturated/α-hetero) is 1. The third-order valence-corrected chi connectivity index (χ3v) is 11.5. The van der Waals surface area contributed by atoms with E-state index in [1.165, 1.54) is 51.4 Å². The van der Waals surface area contributed by atoms with Gasteiger partial charge in [0, 0.05) is 6.42 Å². The molecule has 0 unspecified atom stereocenters. The highest BCUT2D eigenvalue weighted by atomic mass is 79.9. The van der Waals surface area contributed by atoms with Gasteiger partial charge < -0.3 is 4.74 Å². The average molecular weight is 496 g/mol. The monoisotopic (exact) mass is 494 g/mol. The lowest BCUT2D eigenvalue weighted by atomic mass is 9.44. The van der Waals surface area contributed by atoms with Crippen LogP contribution >= 0.6 is 15.9 Å². The van der Waals surface area contributed by atoms with Crippen molar-refractivity contribution in [1.82, 2.24) is 0 Å². The molecule has 0 amide bonds. The van der Waals surface area contributed by atoms with E-state index in [9.17, 15) is 9.59 Å². The molecule has 0 saturated heterocycles. The van der Waals surface area contributed by atoms with E-state index in [1.54, 1.807) is 7.11 Å². The molecule has 3 nitrogen and oxygen atoms in total. The molecule has 0 radical (unpaired) electrons. The molecular weight excluding hydrogens is 452 g/mol. The molecule has 4 heteroatoms. The third kappa shape index (κ3) is 3.95. The number of ether oxygens (including phenoxy) is 1. The first kappa shape index (κ1) is 23.8. The van der Waals surface area contributed by atoms with E-state index in [0.717, 1.165) is 43.4 Å². The van der Waals surface area contributed by atoms with Gasteiger partial charge in [-0.05, 0) is 91.8 Å². The van der Waals surface area contributed by atoms with E-state index in [-0.39, 0.29) is 22.1 Å². The summed E-state index contributed by atoms with van der Waals surface area (Å²) >= 11 is 3.72. The van der Waals surface area contributed by atoms with Gasteiger partial charge in [-0.2, -0.15) is 0 Å². The van der Waals surface area contributed by atoms with Crippen LogP contribution in [0.15, 0.2) is 0 Å². The summed E-state index contributed by atoms with van der Waals surface area (Å²) in [5.41, 5.74) is 0.570. The minimum absolute atomic E-state index is 0.0358. The van der Waals surface area contributed by atoms with Crippen molar-refractivity contribution in [1.29, 1.82) is 0 Å². The number of unbranched alkanes of at least 4 members (excludes halogenated alkanes) is 2. The molecule has 0 heterocycles. The average Bonchev–Trinajstić information content (AvgIpc) is 3.09. The van der Waals surface area contributed by atoms with E-state index in [0.29, 0.717) is 23.0 Å². The summed E-state index contributed by atoms with van der Waals surface area (Å²) in [5.74, 6) is 3.84. The van der Waals surface area contributed by atoms with Gasteiger partial charge in [0.05, 0.1) is 17.9 Å². The predicted molar refractivity (Wildman–Crippen MR) is 128 cm³/mol. The summed E-state index contributed by atoms with van der Waals surface area (Å²) in [7, 11) is 1.57. The van der Waals surface area contributed by atoms with Crippen molar-refractivity contribution in [3.8, 4) is 0 Å². The first-order valence-electron chi connectivity index (χ1n) is 13.0. The molecule has 4 aliphatic rings. The van der Waals surface area contributed by atoms with Crippen molar-refractivity contribution < 1.29 is 14.3 Å². The fourth-order valence-corrected chi connectivity index (χ4v) is 9.89. The van der Waals surface area contributed by atoms with E-state index < -0.39 is 0 Å². The van der Waals surface area contributed by atoms with Crippen LogP contribution in [0.4, 0.5) is 0 Å². The molecule has 4 fully saturated rings. The van der Waals surface area contributed by atoms with Crippen molar-refractivity contribution in [3.63, 3.8) is 0 Å². The number of halogens is 1. The Kier molecular flexibility index (Phi) is 6.98. The van der Waals surface area contributed by atoms with E-state index >= 15 is 0 Å². The SMILES string of the molecule is CCCCC[C@@H](C(=O)OC)[C@H]1CC[C@H]2[C@@H]3CC[C@H]4CC(=O)[C@H](Br)C[C@]4(C)[C@H]3CC[C@]12C. The van der Waals surface area contributed by atoms with Gasteiger partial charge in [-0.25, -0.2) is 0 Å². The van der Waals surface area contributed by atoms with E-state index in [2.05, 4.69) is 36.7 Å². The number of carbonyl (C=O) groups is 2. The van der Waals surface area contributed by atoms with Gasteiger partial charge in [0.25, 0.3) is 0 Å². The molecule has 0 aromatic heterocycles. The van der Waals surface area contributed by atoms with Crippen molar-refractivity contribution in [2.75, 3.05) is 7.11 Å². The highest BCUT2D eigenvalue weighted by Crippen LogP contribution is 2.68. The highest BCUT2D eigenvalue weighted by molar-refractivity contribution is 9.10. The summed E-state index contributed by atoms with van der Waals surface area (Å²) in [6.07, 6.45) is 13.8. The van der Waals surface area contributed by atoms with Gasteiger partial charge in [-0.1, -0.05) is 56.0 Å². The normalized spacial score (nSPS) is 45.4. The van der Waals surface area contributed by atoms with Crippen LogP contribution in [0.25, 0.3) is 0 Å². The molecule has 0 N–H and O–H groups in total. The second kappa shape index (κ2) is 9.11. The zero-order valence-electron chi connectivity index (χ0n) is 20.1. The lowest BCUT2D eigenvalue weighted by Gasteiger charge is -2.61. The van der Waals surface area contributed by atoms with Gasteiger partial charge in [0.2, 0.25) is 0 Å². The number of methoxy groups -OCH3 is 1. The predicted octanol–water partition coefficient (Wildman–Crippen LogP) is 6.96. The Morgan fingerprint density at radius 3 is 2.55 bits per heavy atom. The van der Waals surface area contributed by atoms with Crippen molar-refractivity contribution in [3.05, 3.63) is 0 Å². The molecule has 0 bridgehead atoms. The quantitative estimate of drug-likeness (QED) is 0.227. The molecule has 31 heavy (non-hydrogen) atoms. The van der Waals surface area contributed by atoms with Crippen molar-refractivity contribution in [2.45, 2.75) is 103 Å². The van der Waals surface area contributed by atoms with Crippen LogP contribution in [0.1, 0.15) is 97.8 Å². The summed E-state index contributed by atoms with van der Waals surface area (Å²) in [5, 5.41) is 0. The summed E-state index contributed by atoms with van der Waals surface area (Å²) in [6, 6.07) is 0. The molecule has 4 aliphatic carbocycles. The standard InChI is InChI=1S/C27H43BrO3/c1-5-6-7-8-19(25(30)31-4)21-12-11-20-18-10-9-17-15-24(29)23(28)16-27(17,3)22(18)13-14-26(20,21)2/h17-23H,5-16H2,1-4H3/t17-,18-,19+,20-,21+,22-,23+,26-,27-/m0/s1. The van der Waals surface area contributed by atoms with Crippen LogP contribution in [0.3, 0.4) is 0 Å². The van der Waals surface area contributed by atoms with Gasteiger partial charge in [0.1, 0.15) is 5.78 Å². The zero-order valence-corrected chi connectivity index (χ0v) is 21.7. The van der Waals surface area contributed by atoms with Gasteiger partial charge in [0.15, 0.2) is 0 Å². The molecule has 9 atom stereocenters. The van der Waals surface area contributed by atoms with Crippen molar-refractivity contribution >= 4 is 27.7 Å². The number of rotatable bonds is 6. The largest absolute Gasteiger partial charge is 0.469 e. The Morgan fingerprint density at radius 1 is 1.10 bits per heavy atom. The second-order valence-corrected chi connectivity index (χ2v) is 13.0. The second-order valence-electron chi connectivity index (χ2n) is 11.9. The maximum Gasteiger partial charge on any atom is 0.308 e. The van der Waals surface area contributed by atoms with Gasteiger partial charge >= 0.3 is 5.97 Å². The molecule has 4 saturated carbocycles. The number of hydrogen-bond acceptors (Lipinski definition) is 3. The third-order valence-electron chi connectivity index (χ3n) is 10.7. The number of carbonyl (C=O) groups excluding carboxylic acids is 2. The maximum atomic E-state index is 12.8. The molecule has 0 aliphatic heterocycles. The molecule has 0 spiro atoms. The molecular formula is C27H43BrO3. The number of alkyl halides is 1. The van der Waals surface area contributed by atoms with Crippen LogP contribution in [0.2, 0.25) is 0 Å². The van der Waals surface area contributed by atoms with Gasteiger partial charge in [-0.3, -0.25) is 9.59 Å². The summed E-state index contributed by atoms with van der Waals surface area (Å²) < 4.78 is 5.32. The Morgan fingerprint density at radius 2 is 1.84 bits per heavy atom. The zero-order chi connectivity index (χ0) is 22.4. The number of fused-ring (bicyclic) bond motifs is 5. The highest BCUT2D eigenvalue weighted by Gasteiger charge is 2.62. The Bertz CT molecular complexity index is 692. The maximum absolute atomic E-state index is 12.8. The van der Waals surface area contributed by atoms with Crippen molar-refractivity contribution in [2.24, 2.45) is 46.3 Å². The first-order valence-corrected chi connectivity index (χ1v) is 13.9. The lowest BCUT2D eigenvalue weighted by molar-refractivity contribution is -0.153. The summed E-state index contributed by atoms with van der Waals surface area (Å²) in [6.45, 7) is 7.26. The van der Waals surface area contributed by atoms with Gasteiger partial charge in [-0.15, -0.1) is 0 Å². The minimum Gasteiger partial charge on any atom is -0.469 e. The number of ketones is 1. The lowest BCUT2D eigenvalue weighted by Crippen LogP contribution is -2.55. The van der Waals surface area contributed by atoms with Crippen LogP contribution in [-0.2, 0) is 14.3 Å². The fraction of sp³-hybridized carbons (Fsp3) is 0.926. The topological polar surface area (TPSA) is 43.4 Å².